The Hall–Kier alpha value is -2.29. The monoisotopic (exact) mass is 375 g/mol. The minimum Gasteiger partial charge on any atom is -0.378 e. The number of nitrogens with one attached hydrogen (secondary N) is 1. The molecular weight excluding hydrogens is 354 g/mol. The van der Waals surface area contributed by atoms with Crippen molar-refractivity contribution in [1.82, 2.24) is 0 Å². The molecule has 0 aromatic heterocycles. The molecule has 0 bridgehead atoms. The summed E-state index contributed by atoms with van der Waals surface area (Å²) < 4.78 is 6.30. The number of fused-ring (bicyclic) bond motifs is 1. The maximum Gasteiger partial charge on any atom is 0.0907 e. The molecule has 1 aliphatic heterocycles. The standard InChI is InChI=1S/C24H22ClNO/c25-20-13-11-17(12-14-20)22(26-21-9-5-2-6-10-21)24-15-19(24)16-27-23(24)18-7-3-1-4-8-18/h1-14,19,22-23,26H,15-16H2. The second-order valence-electron chi connectivity index (χ2n) is 7.63. The Bertz CT molecular complexity index is 912. The molecule has 4 atom stereocenters. The van der Waals surface area contributed by atoms with E-state index in [9.17, 15) is 0 Å². The summed E-state index contributed by atoms with van der Waals surface area (Å²) in [5.74, 6) is 0.583. The summed E-state index contributed by atoms with van der Waals surface area (Å²) in [7, 11) is 0. The minimum absolute atomic E-state index is 0.0744. The lowest BCUT2D eigenvalue weighted by molar-refractivity contribution is 0.0465. The van der Waals surface area contributed by atoms with Gasteiger partial charge >= 0.3 is 0 Å². The summed E-state index contributed by atoms with van der Waals surface area (Å²) in [6, 6.07) is 29.5. The van der Waals surface area contributed by atoms with E-state index < -0.39 is 0 Å². The van der Waals surface area contributed by atoms with Crippen LogP contribution in [-0.2, 0) is 4.74 Å². The summed E-state index contributed by atoms with van der Waals surface area (Å²) >= 11 is 6.16. The van der Waals surface area contributed by atoms with Crippen LogP contribution in [0.3, 0.4) is 0 Å². The van der Waals surface area contributed by atoms with Crippen molar-refractivity contribution in [3.63, 3.8) is 0 Å². The lowest BCUT2D eigenvalue weighted by Crippen LogP contribution is -2.28. The quantitative estimate of drug-likeness (QED) is 0.567. The number of para-hydroxylation sites is 1. The molecule has 0 spiro atoms. The highest BCUT2D eigenvalue weighted by molar-refractivity contribution is 6.30. The molecule has 1 N–H and O–H groups in total. The van der Waals surface area contributed by atoms with Gasteiger partial charge in [0.25, 0.3) is 0 Å². The van der Waals surface area contributed by atoms with E-state index in [-0.39, 0.29) is 17.6 Å². The Morgan fingerprint density at radius 2 is 1.56 bits per heavy atom. The van der Waals surface area contributed by atoms with E-state index in [1.165, 1.54) is 17.5 Å². The van der Waals surface area contributed by atoms with Crippen LogP contribution in [0.4, 0.5) is 5.69 Å². The largest absolute Gasteiger partial charge is 0.378 e. The lowest BCUT2D eigenvalue weighted by Gasteiger charge is -2.33. The number of halogens is 1. The molecular formula is C24H22ClNO. The van der Waals surface area contributed by atoms with Crippen molar-refractivity contribution in [1.29, 1.82) is 0 Å². The van der Waals surface area contributed by atoms with Crippen molar-refractivity contribution < 1.29 is 4.74 Å². The number of rotatable bonds is 5. The van der Waals surface area contributed by atoms with Gasteiger partial charge in [-0.05, 0) is 47.7 Å². The average molecular weight is 376 g/mol. The highest BCUT2D eigenvalue weighted by Crippen LogP contribution is 2.72. The summed E-state index contributed by atoms with van der Waals surface area (Å²) in [5, 5.41) is 4.58. The topological polar surface area (TPSA) is 21.3 Å². The molecule has 4 unspecified atom stereocenters. The molecule has 5 rings (SSSR count). The van der Waals surface area contributed by atoms with Gasteiger partial charge in [0, 0.05) is 16.1 Å². The zero-order chi connectivity index (χ0) is 18.3. The van der Waals surface area contributed by atoms with Gasteiger partial charge in [0.2, 0.25) is 0 Å². The fourth-order valence-corrected chi connectivity index (χ4v) is 4.82. The van der Waals surface area contributed by atoms with Gasteiger partial charge in [-0.25, -0.2) is 0 Å². The maximum atomic E-state index is 6.30. The van der Waals surface area contributed by atoms with Crippen molar-refractivity contribution in [3.8, 4) is 0 Å². The Labute approximate surface area is 165 Å². The van der Waals surface area contributed by atoms with Crippen LogP contribution in [0.5, 0.6) is 0 Å². The first-order valence-corrected chi connectivity index (χ1v) is 9.89. The Balaban J connectivity index is 1.56. The fourth-order valence-electron chi connectivity index (χ4n) is 4.69. The van der Waals surface area contributed by atoms with Gasteiger partial charge in [-0.2, -0.15) is 0 Å². The smallest absolute Gasteiger partial charge is 0.0907 e. The molecule has 0 amide bonds. The number of hydrogen-bond donors (Lipinski definition) is 1. The third-order valence-electron chi connectivity index (χ3n) is 6.08. The SMILES string of the molecule is Clc1ccc(C(Nc2ccccc2)C23CC2COC3c2ccccc2)cc1. The predicted octanol–water partition coefficient (Wildman–Crippen LogP) is 6.27. The fraction of sp³-hybridized carbons (Fsp3) is 0.250. The molecule has 0 radical (unpaired) electrons. The van der Waals surface area contributed by atoms with Crippen LogP contribution >= 0.6 is 11.6 Å². The van der Waals surface area contributed by atoms with Crippen molar-refractivity contribution in [2.24, 2.45) is 11.3 Å². The first kappa shape index (κ1) is 16.9. The molecule has 3 heteroatoms. The van der Waals surface area contributed by atoms with E-state index in [0.29, 0.717) is 5.92 Å². The van der Waals surface area contributed by atoms with Crippen molar-refractivity contribution in [2.45, 2.75) is 18.6 Å². The zero-order valence-electron chi connectivity index (χ0n) is 15.0. The predicted molar refractivity (Wildman–Crippen MR) is 110 cm³/mol. The summed E-state index contributed by atoms with van der Waals surface area (Å²) in [4.78, 5) is 0. The number of ether oxygens (including phenoxy) is 1. The second kappa shape index (κ2) is 6.70. The van der Waals surface area contributed by atoms with Crippen molar-refractivity contribution >= 4 is 17.3 Å². The van der Waals surface area contributed by atoms with Gasteiger partial charge in [-0.15, -0.1) is 0 Å². The van der Waals surface area contributed by atoms with E-state index >= 15 is 0 Å². The first-order chi connectivity index (χ1) is 13.3. The van der Waals surface area contributed by atoms with Gasteiger partial charge in [-0.1, -0.05) is 72.3 Å². The maximum absolute atomic E-state index is 6.30. The molecule has 3 aromatic rings. The number of anilines is 1. The van der Waals surface area contributed by atoms with Gasteiger partial charge in [0.1, 0.15) is 0 Å². The molecule has 3 aromatic carbocycles. The molecule has 1 aliphatic carbocycles. The number of hydrogen-bond acceptors (Lipinski definition) is 2. The summed E-state index contributed by atoms with van der Waals surface area (Å²) in [5.41, 5.74) is 3.74. The van der Waals surface area contributed by atoms with E-state index in [0.717, 1.165) is 17.3 Å². The van der Waals surface area contributed by atoms with E-state index in [4.69, 9.17) is 16.3 Å². The first-order valence-electron chi connectivity index (χ1n) is 9.51. The van der Waals surface area contributed by atoms with Gasteiger partial charge in [0.15, 0.2) is 0 Å². The van der Waals surface area contributed by atoms with E-state index in [2.05, 4.69) is 72.0 Å². The normalized spacial score (nSPS) is 27.0. The van der Waals surface area contributed by atoms with Crippen LogP contribution in [0.2, 0.25) is 5.02 Å². The highest BCUT2D eigenvalue weighted by atomic mass is 35.5. The lowest BCUT2D eigenvalue weighted by atomic mass is 9.81. The van der Waals surface area contributed by atoms with E-state index in [1.54, 1.807) is 0 Å². The zero-order valence-corrected chi connectivity index (χ0v) is 15.8. The third kappa shape index (κ3) is 2.93. The van der Waals surface area contributed by atoms with Crippen LogP contribution in [-0.4, -0.2) is 6.61 Å². The van der Waals surface area contributed by atoms with Crippen LogP contribution in [0.25, 0.3) is 0 Å². The van der Waals surface area contributed by atoms with Gasteiger partial charge < -0.3 is 10.1 Å². The van der Waals surface area contributed by atoms with Crippen LogP contribution < -0.4 is 5.32 Å². The number of benzene rings is 3. The Morgan fingerprint density at radius 3 is 2.22 bits per heavy atom. The van der Waals surface area contributed by atoms with E-state index in [1.807, 2.05) is 18.2 Å². The molecule has 2 nitrogen and oxygen atoms in total. The highest BCUT2D eigenvalue weighted by Gasteiger charge is 2.68. The average Bonchev–Trinajstić information content (AvgIpc) is 3.33. The molecule has 1 heterocycles. The molecule has 2 aliphatic rings. The van der Waals surface area contributed by atoms with Gasteiger partial charge in [0.05, 0.1) is 18.8 Å². The molecule has 1 saturated carbocycles. The summed E-state index contributed by atoms with van der Waals surface area (Å²) in [6.45, 7) is 0.833. The Kier molecular flexibility index (Phi) is 4.18. The molecule has 136 valence electrons. The molecule has 2 fully saturated rings. The second-order valence-corrected chi connectivity index (χ2v) is 8.07. The Morgan fingerprint density at radius 1 is 0.889 bits per heavy atom. The summed E-state index contributed by atoms with van der Waals surface area (Å²) in [6.07, 6.45) is 1.29. The molecule has 27 heavy (non-hydrogen) atoms. The van der Waals surface area contributed by atoms with Crippen molar-refractivity contribution in [2.75, 3.05) is 11.9 Å². The molecule has 1 saturated heterocycles. The van der Waals surface area contributed by atoms with Crippen LogP contribution in [0.15, 0.2) is 84.9 Å². The minimum atomic E-state index is 0.0744. The van der Waals surface area contributed by atoms with Gasteiger partial charge in [-0.3, -0.25) is 0 Å². The third-order valence-corrected chi connectivity index (χ3v) is 6.33. The van der Waals surface area contributed by atoms with Crippen LogP contribution in [0, 0.1) is 11.3 Å². The van der Waals surface area contributed by atoms with Crippen LogP contribution in [0.1, 0.15) is 29.7 Å². The van der Waals surface area contributed by atoms with Crippen molar-refractivity contribution in [3.05, 3.63) is 101 Å².